The molecule has 1 atom stereocenters. The minimum Gasteiger partial charge on any atom is -0.354 e. The Bertz CT molecular complexity index is 404. The van der Waals surface area contributed by atoms with Crippen molar-refractivity contribution in [2.75, 3.05) is 13.1 Å². The van der Waals surface area contributed by atoms with Gasteiger partial charge >= 0.3 is 0 Å². The predicted octanol–water partition coefficient (Wildman–Crippen LogP) is 2.97. The van der Waals surface area contributed by atoms with Gasteiger partial charge in [0.05, 0.1) is 10.3 Å². The van der Waals surface area contributed by atoms with Crippen LogP contribution in [0.5, 0.6) is 0 Å². The van der Waals surface area contributed by atoms with Crippen molar-refractivity contribution >= 4 is 53.3 Å². The van der Waals surface area contributed by atoms with Crippen LogP contribution in [0.3, 0.4) is 0 Å². The number of hydrogen-bond acceptors (Lipinski definition) is 3. The van der Waals surface area contributed by atoms with Crippen LogP contribution in [0, 0.1) is 0 Å². The maximum absolute atomic E-state index is 11.6. The summed E-state index contributed by atoms with van der Waals surface area (Å²) in [4.78, 5) is 12.4. The van der Waals surface area contributed by atoms with Crippen LogP contribution >= 0.6 is 47.4 Å². The van der Waals surface area contributed by atoms with Crippen LogP contribution in [0.2, 0.25) is 10.0 Å². The number of rotatable bonds is 5. The van der Waals surface area contributed by atoms with Crippen molar-refractivity contribution < 1.29 is 4.79 Å². The molecule has 3 N–H and O–H groups in total. The largest absolute Gasteiger partial charge is 0.354 e. The molecular weight excluding hydrogens is 315 g/mol. The van der Waals surface area contributed by atoms with E-state index < -0.39 is 0 Å². The van der Waals surface area contributed by atoms with E-state index in [4.69, 9.17) is 28.9 Å². The van der Waals surface area contributed by atoms with E-state index in [1.54, 1.807) is 18.2 Å². The van der Waals surface area contributed by atoms with Crippen LogP contribution < -0.4 is 11.1 Å². The first kappa shape index (κ1) is 17.9. The van der Waals surface area contributed by atoms with Gasteiger partial charge in [-0.05, 0) is 25.1 Å². The number of carbonyl (C=O) groups is 1. The molecule has 18 heavy (non-hydrogen) atoms. The average Bonchev–Trinajstić information content (AvgIpc) is 2.30. The Morgan fingerprint density at radius 1 is 1.50 bits per heavy atom. The first-order chi connectivity index (χ1) is 8.04. The summed E-state index contributed by atoms with van der Waals surface area (Å²) in [7, 11) is 0. The second kappa shape index (κ2) is 8.88. The number of carbonyl (C=O) groups excluding carboxylic acids is 1. The molecule has 1 rings (SSSR count). The van der Waals surface area contributed by atoms with Gasteiger partial charge in [0.1, 0.15) is 0 Å². The lowest BCUT2D eigenvalue weighted by molar-refractivity contribution is -0.120. The summed E-state index contributed by atoms with van der Waals surface area (Å²) >= 11 is 13.3. The molecule has 0 aliphatic carbocycles. The van der Waals surface area contributed by atoms with Crippen molar-refractivity contribution in [3.63, 3.8) is 0 Å². The van der Waals surface area contributed by atoms with Gasteiger partial charge in [0, 0.05) is 23.0 Å². The minimum absolute atomic E-state index is 0. The molecule has 1 aromatic rings. The van der Waals surface area contributed by atoms with Gasteiger partial charge in [-0.1, -0.05) is 23.2 Å². The van der Waals surface area contributed by atoms with E-state index in [-0.39, 0.29) is 23.6 Å². The van der Waals surface area contributed by atoms with Gasteiger partial charge < -0.3 is 11.1 Å². The number of halogens is 3. The number of benzene rings is 1. The van der Waals surface area contributed by atoms with E-state index in [1.807, 2.05) is 6.92 Å². The molecule has 0 aliphatic heterocycles. The molecule has 0 aliphatic rings. The lowest BCUT2D eigenvalue weighted by Gasteiger charge is -2.12. The highest BCUT2D eigenvalue weighted by Gasteiger charge is 2.15. The van der Waals surface area contributed by atoms with E-state index in [9.17, 15) is 4.79 Å². The smallest absolute Gasteiger partial charge is 0.233 e. The molecule has 0 radical (unpaired) electrons. The molecule has 7 heteroatoms. The van der Waals surface area contributed by atoms with Crippen LogP contribution in [-0.4, -0.2) is 24.2 Å². The highest BCUT2D eigenvalue weighted by Crippen LogP contribution is 2.32. The molecule has 3 nitrogen and oxygen atoms in total. The minimum atomic E-state index is -0.238. The number of hydrogen-bond donors (Lipinski definition) is 2. The zero-order chi connectivity index (χ0) is 12.8. The van der Waals surface area contributed by atoms with Crippen molar-refractivity contribution in [3.8, 4) is 0 Å². The molecule has 102 valence electrons. The zero-order valence-electron chi connectivity index (χ0n) is 9.78. The quantitative estimate of drug-likeness (QED) is 0.817. The van der Waals surface area contributed by atoms with E-state index in [0.29, 0.717) is 23.1 Å². The second-order valence-electron chi connectivity index (χ2n) is 3.41. The van der Waals surface area contributed by atoms with Gasteiger partial charge in [-0.3, -0.25) is 4.79 Å². The molecule has 1 aromatic carbocycles. The Labute approximate surface area is 127 Å². The number of nitrogens with one attached hydrogen (secondary N) is 1. The van der Waals surface area contributed by atoms with Crippen LogP contribution in [0.4, 0.5) is 0 Å². The van der Waals surface area contributed by atoms with Crippen molar-refractivity contribution in [3.05, 3.63) is 28.2 Å². The molecule has 0 aromatic heterocycles. The average molecular weight is 330 g/mol. The SMILES string of the molecule is CC(Sc1cc(Cl)ccc1Cl)C(=O)NCCN.Cl. The van der Waals surface area contributed by atoms with Gasteiger partial charge in [-0.2, -0.15) is 0 Å². The third kappa shape index (κ3) is 5.67. The fourth-order valence-electron chi connectivity index (χ4n) is 1.15. The topological polar surface area (TPSA) is 55.1 Å². The van der Waals surface area contributed by atoms with Crippen molar-refractivity contribution in [1.82, 2.24) is 5.32 Å². The molecule has 1 amide bonds. The molecular formula is C11H15Cl3N2OS. The first-order valence-electron chi connectivity index (χ1n) is 5.14. The Morgan fingerprint density at radius 2 is 2.17 bits per heavy atom. The molecule has 0 saturated carbocycles. The zero-order valence-corrected chi connectivity index (χ0v) is 12.9. The normalized spacial score (nSPS) is 11.6. The standard InChI is InChI=1S/C11H14Cl2N2OS.ClH/c1-7(11(16)15-5-4-14)17-10-6-8(12)2-3-9(10)13;/h2-3,6-7H,4-5,14H2,1H3,(H,15,16);1H. The number of nitrogens with two attached hydrogens (primary N) is 1. The van der Waals surface area contributed by atoms with Crippen molar-refractivity contribution in [2.24, 2.45) is 5.73 Å². The molecule has 1 unspecified atom stereocenters. The maximum atomic E-state index is 11.6. The van der Waals surface area contributed by atoms with E-state index >= 15 is 0 Å². The maximum Gasteiger partial charge on any atom is 0.233 e. The Hall–Kier alpha value is -0.130. The second-order valence-corrected chi connectivity index (χ2v) is 5.64. The molecule has 0 heterocycles. The van der Waals surface area contributed by atoms with Crippen molar-refractivity contribution in [1.29, 1.82) is 0 Å². The van der Waals surface area contributed by atoms with Gasteiger partial charge in [0.25, 0.3) is 0 Å². The summed E-state index contributed by atoms with van der Waals surface area (Å²) in [6.45, 7) is 2.72. The summed E-state index contributed by atoms with van der Waals surface area (Å²) in [5.74, 6) is -0.0588. The van der Waals surface area contributed by atoms with E-state index in [2.05, 4.69) is 5.32 Å². The molecule has 0 fully saturated rings. The predicted molar refractivity (Wildman–Crippen MR) is 81.1 cm³/mol. The fraction of sp³-hybridized carbons (Fsp3) is 0.364. The number of amides is 1. The third-order valence-corrected chi connectivity index (χ3v) is 3.85. The van der Waals surface area contributed by atoms with Crippen LogP contribution in [0.25, 0.3) is 0 Å². The first-order valence-corrected chi connectivity index (χ1v) is 6.77. The lowest BCUT2D eigenvalue weighted by atomic mass is 10.4. The molecule has 0 spiro atoms. The van der Waals surface area contributed by atoms with Gasteiger partial charge in [0.15, 0.2) is 0 Å². The fourth-order valence-corrected chi connectivity index (χ4v) is 2.59. The Balaban J connectivity index is 0.00000289. The summed E-state index contributed by atoms with van der Waals surface area (Å²) in [5, 5.41) is 3.69. The summed E-state index contributed by atoms with van der Waals surface area (Å²) < 4.78 is 0. The van der Waals surface area contributed by atoms with Crippen LogP contribution in [0.15, 0.2) is 23.1 Å². The third-order valence-electron chi connectivity index (χ3n) is 2.01. The summed E-state index contributed by atoms with van der Waals surface area (Å²) in [5.41, 5.74) is 5.31. The van der Waals surface area contributed by atoms with Crippen LogP contribution in [-0.2, 0) is 4.79 Å². The Morgan fingerprint density at radius 3 is 2.78 bits per heavy atom. The van der Waals surface area contributed by atoms with Gasteiger partial charge in [-0.15, -0.1) is 24.2 Å². The van der Waals surface area contributed by atoms with E-state index in [0.717, 1.165) is 4.90 Å². The lowest BCUT2D eigenvalue weighted by Crippen LogP contribution is -2.34. The highest BCUT2D eigenvalue weighted by atomic mass is 35.5. The summed E-state index contributed by atoms with van der Waals surface area (Å²) in [6, 6.07) is 5.19. The molecule has 0 bridgehead atoms. The van der Waals surface area contributed by atoms with E-state index in [1.165, 1.54) is 11.8 Å². The number of thioether (sulfide) groups is 1. The van der Waals surface area contributed by atoms with Crippen LogP contribution in [0.1, 0.15) is 6.92 Å². The van der Waals surface area contributed by atoms with Gasteiger partial charge in [0.2, 0.25) is 5.91 Å². The summed E-state index contributed by atoms with van der Waals surface area (Å²) in [6.07, 6.45) is 0. The van der Waals surface area contributed by atoms with Gasteiger partial charge in [-0.25, -0.2) is 0 Å². The van der Waals surface area contributed by atoms with Crippen molar-refractivity contribution in [2.45, 2.75) is 17.1 Å². The molecule has 0 saturated heterocycles. The highest BCUT2D eigenvalue weighted by molar-refractivity contribution is 8.00. The monoisotopic (exact) mass is 328 g/mol. The Kier molecular flexibility index (Phi) is 8.82.